The molecule has 0 aliphatic carbocycles. The third-order valence-electron chi connectivity index (χ3n) is 2.00. The molecule has 0 aromatic carbocycles. The van der Waals surface area contributed by atoms with Crippen molar-refractivity contribution in [3.63, 3.8) is 0 Å². The highest BCUT2D eigenvalue weighted by Gasteiger charge is 2.28. The van der Waals surface area contributed by atoms with E-state index in [1.54, 1.807) is 34.6 Å². The minimum Gasteiger partial charge on any atom is -0.478 e. The lowest BCUT2D eigenvalue weighted by Crippen LogP contribution is -2.46. The van der Waals surface area contributed by atoms with Crippen LogP contribution >= 0.6 is 0 Å². The predicted octanol–water partition coefficient (Wildman–Crippen LogP) is 1.11. The van der Waals surface area contributed by atoms with Gasteiger partial charge in [-0.1, -0.05) is 13.8 Å². The van der Waals surface area contributed by atoms with E-state index in [2.05, 4.69) is 5.32 Å². The molecular weight excluding hydrogens is 250 g/mol. The second-order valence-corrected chi connectivity index (χ2v) is 5.44. The molecule has 1 amide bonds. The smallest absolute Gasteiger partial charge is 0.329 e. The van der Waals surface area contributed by atoms with E-state index in [0.29, 0.717) is 6.08 Å². The van der Waals surface area contributed by atoms with Gasteiger partial charge in [0.15, 0.2) is 0 Å². The van der Waals surface area contributed by atoms with Crippen LogP contribution in [-0.2, 0) is 19.1 Å². The zero-order chi connectivity index (χ0) is 15.2. The third-order valence-corrected chi connectivity index (χ3v) is 2.00. The van der Waals surface area contributed by atoms with Gasteiger partial charge in [0.1, 0.15) is 11.6 Å². The first-order chi connectivity index (χ1) is 8.53. The summed E-state index contributed by atoms with van der Waals surface area (Å²) in [5.74, 6) is -2.59. The summed E-state index contributed by atoms with van der Waals surface area (Å²) in [6, 6.07) is -0.815. The van der Waals surface area contributed by atoms with Crippen molar-refractivity contribution in [3.8, 4) is 0 Å². The number of carbonyl (C=O) groups is 3. The molecule has 2 N–H and O–H groups in total. The number of rotatable bonds is 5. The second-order valence-electron chi connectivity index (χ2n) is 5.44. The molecule has 0 aromatic heterocycles. The number of hydrogen-bond donors (Lipinski definition) is 2. The summed E-state index contributed by atoms with van der Waals surface area (Å²) in [5.41, 5.74) is -0.647. The molecule has 6 nitrogen and oxygen atoms in total. The van der Waals surface area contributed by atoms with E-state index in [4.69, 9.17) is 9.84 Å². The molecule has 19 heavy (non-hydrogen) atoms. The van der Waals surface area contributed by atoms with Crippen LogP contribution in [-0.4, -0.2) is 34.6 Å². The minimum atomic E-state index is -1.23. The van der Waals surface area contributed by atoms with Gasteiger partial charge in [-0.15, -0.1) is 0 Å². The van der Waals surface area contributed by atoms with Crippen LogP contribution in [0.1, 0.15) is 34.6 Å². The van der Waals surface area contributed by atoms with Crippen LogP contribution in [0.2, 0.25) is 0 Å². The predicted molar refractivity (Wildman–Crippen MR) is 69.4 cm³/mol. The largest absolute Gasteiger partial charge is 0.478 e. The zero-order valence-electron chi connectivity index (χ0n) is 11.9. The van der Waals surface area contributed by atoms with Crippen LogP contribution in [0, 0.1) is 5.92 Å². The maximum atomic E-state index is 11.9. The number of hydrogen-bond acceptors (Lipinski definition) is 4. The quantitative estimate of drug-likeness (QED) is 0.577. The maximum Gasteiger partial charge on any atom is 0.329 e. The Labute approximate surface area is 112 Å². The van der Waals surface area contributed by atoms with E-state index in [9.17, 15) is 14.4 Å². The van der Waals surface area contributed by atoms with E-state index in [-0.39, 0.29) is 5.92 Å². The van der Waals surface area contributed by atoms with E-state index >= 15 is 0 Å². The van der Waals surface area contributed by atoms with Crippen molar-refractivity contribution in [2.24, 2.45) is 5.92 Å². The Hall–Kier alpha value is -1.85. The first-order valence-corrected chi connectivity index (χ1v) is 5.97. The van der Waals surface area contributed by atoms with Crippen molar-refractivity contribution in [2.75, 3.05) is 0 Å². The lowest BCUT2D eigenvalue weighted by atomic mass is 10.0. The highest BCUT2D eigenvalue weighted by Crippen LogP contribution is 2.12. The average Bonchev–Trinajstić information content (AvgIpc) is 2.19. The SMILES string of the molecule is CC(C)[C@H](NC(=O)/C=C\C(=O)O)C(=O)OC(C)(C)C. The van der Waals surface area contributed by atoms with Crippen LogP contribution in [0.4, 0.5) is 0 Å². The Balaban J connectivity index is 4.71. The molecule has 0 heterocycles. The molecule has 0 aliphatic heterocycles. The molecule has 0 aliphatic rings. The summed E-state index contributed by atoms with van der Waals surface area (Å²) in [5, 5.41) is 10.8. The summed E-state index contributed by atoms with van der Waals surface area (Å²) in [4.78, 5) is 33.6. The fraction of sp³-hybridized carbons (Fsp3) is 0.615. The summed E-state index contributed by atoms with van der Waals surface area (Å²) in [6.07, 6.45) is 1.57. The van der Waals surface area contributed by atoms with Gasteiger partial charge >= 0.3 is 11.9 Å². The Morgan fingerprint density at radius 1 is 1.16 bits per heavy atom. The minimum absolute atomic E-state index is 0.169. The van der Waals surface area contributed by atoms with Crippen molar-refractivity contribution < 1.29 is 24.2 Å². The first kappa shape index (κ1) is 17.2. The fourth-order valence-corrected chi connectivity index (χ4v) is 1.21. The average molecular weight is 271 g/mol. The van der Waals surface area contributed by atoms with Crippen molar-refractivity contribution in [1.82, 2.24) is 5.32 Å². The number of carboxylic acid groups (broad SMARTS) is 1. The van der Waals surface area contributed by atoms with Crippen LogP contribution in [0.25, 0.3) is 0 Å². The highest BCUT2D eigenvalue weighted by molar-refractivity contribution is 5.96. The molecule has 0 spiro atoms. The standard InChI is InChI=1S/C13H21NO5/c1-8(2)11(12(18)19-13(3,4)5)14-9(15)6-7-10(16)17/h6-8,11H,1-5H3,(H,14,15)(H,16,17)/b7-6-/t11-/m0/s1. The third kappa shape index (κ3) is 7.96. The van der Waals surface area contributed by atoms with E-state index in [1.165, 1.54) is 0 Å². The molecule has 0 radical (unpaired) electrons. The number of esters is 1. The lowest BCUT2D eigenvalue weighted by molar-refractivity contribution is -0.159. The van der Waals surface area contributed by atoms with Crippen molar-refractivity contribution in [3.05, 3.63) is 12.2 Å². The summed E-state index contributed by atoms with van der Waals surface area (Å²) in [7, 11) is 0. The number of nitrogens with one attached hydrogen (secondary N) is 1. The number of ether oxygens (including phenoxy) is 1. The molecule has 1 atom stereocenters. The topological polar surface area (TPSA) is 92.7 Å². The Kier molecular flexibility index (Phi) is 6.24. The molecule has 0 rings (SSSR count). The van der Waals surface area contributed by atoms with Gasteiger partial charge in [-0.3, -0.25) is 4.79 Å². The Morgan fingerprint density at radius 2 is 1.68 bits per heavy atom. The van der Waals surface area contributed by atoms with Crippen LogP contribution < -0.4 is 5.32 Å². The van der Waals surface area contributed by atoms with E-state index in [1.807, 2.05) is 0 Å². The zero-order valence-corrected chi connectivity index (χ0v) is 11.9. The second kappa shape index (κ2) is 6.92. The van der Waals surface area contributed by atoms with Gasteiger partial charge in [-0.05, 0) is 26.7 Å². The van der Waals surface area contributed by atoms with E-state index < -0.39 is 29.5 Å². The van der Waals surface area contributed by atoms with Gasteiger partial charge in [0.2, 0.25) is 5.91 Å². The number of aliphatic carboxylic acids is 1. The van der Waals surface area contributed by atoms with Crippen LogP contribution in [0.5, 0.6) is 0 Å². The van der Waals surface area contributed by atoms with Crippen molar-refractivity contribution in [2.45, 2.75) is 46.3 Å². The van der Waals surface area contributed by atoms with Crippen molar-refractivity contribution >= 4 is 17.8 Å². The number of carbonyl (C=O) groups excluding carboxylic acids is 2. The van der Waals surface area contributed by atoms with Crippen LogP contribution in [0.15, 0.2) is 12.2 Å². The monoisotopic (exact) mass is 271 g/mol. The molecule has 0 aromatic rings. The lowest BCUT2D eigenvalue weighted by Gasteiger charge is -2.26. The molecule has 6 heteroatoms. The molecule has 0 fully saturated rings. The molecule has 0 bridgehead atoms. The first-order valence-electron chi connectivity index (χ1n) is 5.97. The summed E-state index contributed by atoms with van der Waals surface area (Å²) < 4.78 is 5.19. The number of carboxylic acids is 1. The van der Waals surface area contributed by atoms with Gasteiger partial charge < -0.3 is 15.2 Å². The highest BCUT2D eigenvalue weighted by atomic mass is 16.6. The Morgan fingerprint density at radius 3 is 2.05 bits per heavy atom. The molecule has 0 saturated heterocycles. The van der Waals surface area contributed by atoms with Gasteiger partial charge in [-0.2, -0.15) is 0 Å². The normalized spacial score (nSPS) is 13.4. The van der Waals surface area contributed by atoms with Crippen LogP contribution in [0.3, 0.4) is 0 Å². The fourth-order valence-electron chi connectivity index (χ4n) is 1.21. The van der Waals surface area contributed by atoms with Crippen molar-refractivity contribution in [1.29, 1.82) is 0 Å². The van der Waals surface area contributed by atoms with Gasteiger partial charge in [-0.25, -0.2) is 9.59 Å². The van der Waals surface area contributed by atoms with Gasteiger partial charge in [0, 0.05) is 12.2 Å². The maximum absolute atomic E-state index is 11.9. The molecule has 0 unspecified atom stereocenters. The molecule has 108 valence electrons. The van der Waals surface area contributed by atoms with Gasteiger partial charge in [0.25, 0.3) is 0 Å². The molecule has 0 saturated carbocycles. The number of amides is 1. The van der Waals surface area contributed by atoms with Gasteiger partial charge in [0.05, 0.1) is 0 Å². The Bertz CT molecular complexity index is 379. The molecular formula is C13H21NO5. The summed E-state index contributed by atoms with van der Waals surface area (Å²) in [6.45, 7) is 8.71. The summed E-state index contributed by atoms with van der Waals surface area (Å²) >= 11 is 0. The van der Waals surface area contributed by atoms with E-state index in [0.717, 1.165) is 6.08 Å².